The Morgan fingerprint density at radius 2 is 1.84 bits per heavy atom. The van der Waals surface area contributed by atoms with Crippen molar-refractivity contribution in [3.63, 3.8) is 0 Å². The van der Waals surface area contributed by atoms with Gasteiger partial charge in [0.1, 0.15) is 5.82 Å². The van der Waals surface area contributed by atoms with Gasteiger partial charge in [0.25, 0.3) is 0 Å². The van der Waals surface area contributed by atoms with E-state index in [1.807, 2.05) is 19.2 Å². The number of anilines is 2. The van der Waals surface area contributed by atoms with Crippen LogP contribution >= 0.6 is 11.5 Å². The molecule has 2 heterocycles. The lowest BCUT2D eigenvalue weighted by atomic mass is 10.1. The molecule has 198 valence electrons. The van der Waals surface area contributed by atoms with Crippen LogP contribution in [-0.2, 0) is 20.7 Å². The average Bonchev–Trinajstić information content (AvgIpc) is 3.33. The highest BCUT2D eigenvalue weighted by Gasteiger charge is 2.20. The summed E-state index contributed by atoms with van der Waals surface area (Å²) < 4.78 is 10.9. The fourth-order valence-electron chi connectivity index (χ4n) is 4.57. The van der Waals surface area contributed by atoms with Crippen LogP contribution in [0.15, 0.2) is 48.5 Å². The number of hydrogen-bond donors (Lipinski definition) is 1. The summed E-state index contributed by atoms with van der Waals surface area (Å²) in [5.74, 6) is 0.803. The molecule has 0 atom stereocenters. The van der Waals surface area contributed by atoms with Crippen molar-refractivity contribution in [3.05, 3.63) is 54.1 Å². The van der Waals surface area contributed by atoms with Gasteiger partial charge in [-0.2, -0.15) is 4.37 Å². The number of aromatic nitrogens is 1. The summed E-state index contributed by atoms with van der Waals surface area (Å²) in [5.41, 5.74) is 2.08. The molecule has 1 saturated heterocycles. The van der Waals surface area contributed by atoms with Crippen molar-refractivity contribution in [3.8, 4) is 0 Å². The molecule has 0 aliphatic carbocycles. The zero-order valence-corrected chi connectivity index (χ0v) is 22.6. The van der Waals surface area contributed by atoms with E-state index < -0.39 is 0 Å². The van der Waals surface area contributed by atoms with Crippen LogP contribution in [-0.4, -0.2) is 85.5 Å². The van der Waals surface area contributed by atoms with Crippen molar-refractivity contribution in [1.29, 1.82) is 0 Å². The lowest BCUT2D eigenvalue weighted by molar-refractivity contribution is -0.144. The summed E-state index contributed by atoms with van der Waals surface area (Å²) in [6.07, 6.45) is 2.45. The molecule has 0 spiro atoms. The summed E-state index contributed by atoms with van der Waals surface area (Å²) in [6.45, 7) is 8.07. The van der Waals surface area contributed by atoms with Crippen LogP contribution in [0.5, 0.6) is 0 Å². The van der Waals surface area contributed by atoms with Gasteiger partial charge in [-0.05, 0) is 74.7 Å². The highest BCUT2D eigenvalue weighted by molar-refractivity contribution is 7.13. The van der Waals surface area contributed by atoms with E-state index in [-0.39, 0.29) is 18.4 Å². The SMILES string of the molecule is CCOC(=O)CN(C)CCC(=O)Nc1ccc(CCCN2CCN(c3nsc4ccccc34)CC2)cc1. The summed E-state index contributed by atoms with van der Waals surface area (Å²) in [5, 5.41) is 4.20. The van der Waals surface area contributed by atoms with Crippen molar-refractivity contribution in [2.45, 2.75) is 26.2 Å². The third kappa shape index (κ3) is 7.99. The molecule has 1 aliphatic rings. The van der Waals surface area contributed by atoms with Gasteiger partial charge in [0.05, 0.1) is 17.9 Å². The van der Waals surface area contributed by atoms with E-state index in [9.17, 15) is 9.59 Å². The van der Waals surface area contributed by atoms with E-state index in [1.165, 1.54) is 15.6 Å². The number of carbonyl (C=O) groups is 2. The molecule has 0 unspecified atom stereocenters. The van der Waals surface area contributed by atoms with Gasteiger partial charge in [0, 0.05) is 50.2 Å². The lowest BCUT2D eigenvalue weighted by Crippen LogP contribution is -2.46. The largest absolute Gasteiger partial charge is 0.465 e. The molecular weight excluding hydrogens is 486 g/mol. The topological polar surface area (TPSA) is 78.0 Å². The van der Waals surface area contributed by atoms with E-state index in [0.717, 1.165) is 57.1 Å². The minimum absolute atomic E-state index is 0.0618. The van der Waals surface area contributed by atoms with Gasteiger partial charge in [-0.25, -0.2) is 0 Å². The molecular formula is C28H37N5O3S. The number of piperazine rings is 1. The van der Waals surface area contributed by atoms with Crippen molar-refractivity contribution in [2.24, 2.45) is 0 Å². The Bertz CT molecular complexity index is 1160. The number of carbonyl (C=O) groups excluding carboxylic acids is 2. The van der Waals surface area contributed by atoms with E-state index in [0.29, 0.717) is 19.6 Å². The van der Waals surface area contributed by atoms with Gasteiger partial charge in [-0.15, -0.1) is 0 Å². The number of ether oxygens (including phenoxy) is 1. The molecule has 3 aromatic rings. The number of fused-ring (bicyclic) bond motifs is 1. The summed E-state index contributed by atoms with van der Waals surface area (Å²) in [7, 11) is 1.81. The number of nitrogens with one attached hydrogen (secondary N) is 1. The van der Waals surface area contributed by atoms with Crippen LogP contribution in [0.3, 0.4) is 0 Å². The molecule has 37 heavy (non-hydrogen) atoms. The predicted molar refractivity (Wildman–Crippen MR) is 150 cm³/mol. The normalized spacial score (nSPS) is 14.3. The molecule has 2 aromatic carbocycles. The average molecular weight is 524 g/mol. The molecule has 4 rings (SSSR count). The molecule has 1 N–H and O–H groups in total. The fourth-order valence-corrected chi connectivity index (χ4v) is 5.36. The zero-order valence-electron chi connectivity index (χ0n) is 21.8. The highest BCUT2D eigenvalue weighted by atomic mass is 32.1. The Morgan fingerprint density at radius 3 is 2.59 bits per heavy atom. The maximum atomic E-state index is 12.3. The van der Waals surface area contributed by atoms with Crippen LogP contribution in [0, 0.1) is 0 Å². The number of aryl methyl sites for hydroxylation is 1. The second kappa shape index (κ2) is 13.5. The Morgan fingerprint density at radius 1 is 1.08 bits per heavy atom. The number of benzene rings is 2. The third-order valence-corrected chi connectivity index (χ3v) is 7.45. The number of esters is 1. The first-order chi connectivity index (χ1) is 18.0. The summed E-state index contributed by atoms with van der Waals surface area (Å²) in [6, 6.07) is 16.6. The van der Waals surface area contributed by atoms with Gasteiger partial charge >= 0.3 is 5.97 Å². The molecule has 9 heteroatoms. The van der Waals surface area contributed by atoms with Gasteiger partial charge in [-0.1, -0.05) is 24.3 Å². The van der Waals surface area contributed by atoms with Crippen LogP contribution < -0.4 is 10.2 Å². The van der Waals surface area contributed by atoms with Crippen LogP contribution in [0.1, 0.15) is 25.3 Å². The number of rotatable bonds is 12. The van der Waals surface area contributed by atoms with E-state index >= 15 is 0 Å². The van der Waals surface area contributed by atoms with Crippen molar-refractivity contribution < 1.29 is 14.3 Å². The molecule has 0 radical (unpaired) electrons. The van der Waals surface area contributed by atoms with Gasteiger partial charge < -0.3 is 15.0 Å². The predicted octanol–water partition coefficient (Wildman–Crippen LogP) is 3.87. The van der Waals surface area contributed by atoms with Crippen molar-refractivity contribution in [2.75, 3.05) is 69.7 Å². The van der Waals surface area contributed by atoms with Crippen LogP contribution in [0.4, 0.5) is 11.5 Å². The molecule has 1 aliphatic heterocycles. The Kier molecular flexibility index (Phi) is 9.87. The zero-order chi connectivity index (χ0) is 26.0. The quantitative estimate of drug-likeness (QED) is 0.361. The minimum atomic E-state index is -0.271. The number of hydrogen-bond acceptors (Lipinski definition) is 8. The first-order valence-electron chi connectivity index (χ1n) is 13.1. The lowest BCUT2D eigenvalue weighted by Gasteiger charge is -2.35. The molecule has 0 bridgehead atoms. The van der Waals surface area contributed by atoms with Gasteiger partial charge in [0.15, 0.2) is 0 Å². The maximum Gasteiger partial charge on any atom is 0.320 e. The fraction of sp³-hybridized carbons (Fsp3) is 0.464. The monoisotopic (exact) mass is 523 g/mol. The van der Waals surface area contributed by atoms with E-state index in [2.05, 4.69) is 51.5 Å². The first-order valence-corrected chi connectivity index (χ1v) is 13.8. The summed E-state index contributed by atoms with van der Waals surface area (Å²) >= 11 is 1.58. The molecule has 8 nitrogen and oxygen atoms in total. The Balaban J connectivity index is 1.12. The third-order valence-electron chi connectivity index (χ3n) is 6.63. The highest BCUT2D eigenvalue weighted by Crippen LogP contribution is 2.29. The Hall–Kier alpha value is -3.01. The maximum absolute atomic E-state index is 12.3. The molecule has 1 aromatic heterocycles. The smallest absolute Gasteiger partial charge is 0.320 e. The Labute approximate surface area is 223 Å². The summed E-state index contributed by atoms with van der Waals surface area (Å²) in [4.78, 5) is 30.5. The first kappa shape index (κ1) is 27.0. The molecule has 1 fully saturated rings. The molecule has 1 amide bonds. The van der Waals surface area contributed by atoms with Crippen molar-refractivity contribution >= 4 is 45.0 Å². The number of nitrogens with zero attached hydrogens (tertiary/aromatic N) is 4. The van der Waals surface area contributed by atoms with E-state index in [4.69, 9.17) is 9.11 Å². The number of amides is 1. The standard InChI is InChI=1S/C28H37N5O3S/c1-3-36-27(35)21-31(2)16-14-26(34)29-23-12-10-22(11-13-23)7-6-15-32-17-19-33(20-18-32)28-24-8-4-5-9-25(24)37-30-28/h4-5,8-13H,3,6-7,14-21H2,1-2H3,(H,29,34). The number of likely N-dealkylation sites (N-methyl/N-ethyl adjacent to an activating group) is 1. The van der Waals surface area contributed by atoms with Gasteiger partial charge in [0.2, 0.25) is 5.91 Å². The second-order valence-corrected chi connectivity index (χ2v) is 10.3. The van der Waals surface area contributed by atoms with Gasteiger partial charge in [-0.3, -0.25) is 19.4 Å². The van der Waals surface area contributed by atoms with Crippen LogP contribution in [0.2, 0.25) is 0 Å². The van der Waals surface area contributed by atoms with E-state index in [1.54, 1.807) is 23.4 Å². The minimum Gasteiger partial charge on any atom is -0.465 e. The van der Waals surface area contributed by atoms with Crippen molar-refractivity contribution in [1.82, 2.24) is 14.2 Å². The van der Waals surface area contributed by atoms with Crippen LogP contribution in [0.25, 0.3) is 10.1 Å². The second-order valence-electron chi connectivity index (χ2n) is 9.47. The molecule has 0 saturated carbocycles.